The van der Waals surface area contributed by atoms with E-state index in [9.17, 15) is 0 Å². The molecule has 1 saturated heterocycles. The van der Waals surface area contributed by atoms with Gasteiger partial charge in [-0.1, -0.05) is 0 Å². The molecule has 0 radical (unpaired) electrons. The summed E-state index contributed by atoms with van der Waals surface area (Å²) in [6.45, 7) is 2.67. The zero-order chi connectivity index (χ0) is 14.7. The zero-order valence-electron chi connectivity index (χ0n) is 12.4. The van der Waals surface area contributed by atoms with Crippen LogP contribution in [-0.2, 0) is 4.74 Å². The summed E-state index contributed by atoms with van der Waals surface area (Å²) in [4.78, 5) is 15.3. The van der Waals surface area contributed by atoms with Crippen molar-refractivity contribution in [3.05, 3.63) is 0 Å². The Morgan fingerprint density at radius 3 is 2.43 bits per heavy atom. The summed E-state index contributed by atoms with van der Waals surface area (Å²) in [5.74, 6) is 7.07. The normalized spacial score (nSPS) is 20.2. The van der Waals surface area contributed by atoms with Gasteiger partial charge in [0.15, 0.2) is 0 Å². The molecule has 8 heteroatoms. The predicted octanol–water partition coefficient (Wildman–Crippen LogP) is 0.738. The van der Waals surface area contributed by atoms with Crippen molar-refractivity contribution in [2.45, 2.75) is 37.7 Å². The second kappa shape index (κ2) is 5.98. The Balaban J connectivity index is 1.72. The number of methoxy groups -OCH3 is 1. The van der Waals surface area contributed by atoms with Gasteiger partial charge in [-0.2, -0.15) is 15.0 Å². The van der Waals surface area contributed by atoms with Crippen LogP contribution in [0, 0.1) is 0 Å². The molecule has 1 aromatic heterocycles. The molecule has 0 bridgehead atoms. The summed E-state index contributed by atoms with van der Waals surface area (Å²) in [6, 6.07) is 0. The van der Waals surface area contributed by atoms with Crippen molar-refractivity contribution in [2.24, 2.45) is 5.84 Å². The van der Waals surface area contributed by atoms with Gasteiger partial charge in [0, 0.05) is 26.7 Å². The molecule has 1 aliphatic carbocycles. The second-order valence-corrected chi connectivity index (χ2v) is 5.72. The van der Waals surface area contributed by atoms with Gasteiger partial charge < -0.3 is 15.0 Å². The number of nitrogens with one attached hydrogen (secondary N) is 2. The van der Waals surface area contributed by atoms with Crippen LogP contribution in [0.15, 0.2) is 0 Å². The molecule has 0 atom stereocenters. The van der Waals surface area contributed by atoms with Gasteiger partial charge in [-0.15, -0.1) is 0 Å². The lowest BCUT2D eigenvalue weighted by molar-refractivity contribution is -0.0602. The van der Waals surface area contributed by atoms with Crippen LogP contribution >= 0.6 is 0 Å². The molecule has 2 fully saturated rings. The molecule has 1 saturated carbocycles. The van der Waals surface area contributed by atoms with Crippen LogP contribution in [0.2, 0.25) is 0 Å². The number of nitrogens with zero attached hydrogens (tertiary/aromatic N) is 4. The van der Waals surface area contributed by atoms with Crippen LogP contribution < -0.4 is 21.5 Å². The number of ether oxygens (including phenoxy) is 1. The van der Waals surface area contributed by atoms with Gasteiger partial charge in [0.05, 0.1) is 5.60 Å². The maximum Gasteiger partial charge on any atom is 0.243 e. The van der Waals surface area contributed by atoms with Crippen molar-refractivity contribution in [1.29, 1.82) is 0 Å². The molecule has 0 unspecified atom stereocenters. The maximum atomic E-state index is 5.60. The van der Waals surface area contributed by atoms with E-state index < -0.39 is 0 Å². The molecule has 1 aliphatic heterocycles. The molecule has 8 nitrogen and oxygen atoms in total. The average molecular weight is 293 g/mol. The fraction of sp³-hybridized carbons (Fsp3) is 0.769. The number of nitrogens with two attached hydrogens (primary N) is 1. The third kappa shape index (κ3) is 3.01. The van der Waals surface area contributed by atoms with E-state index in [4.69, 9.17) is 10.6 Å². The highest BCUT2D eigenvalue weighted by molar-refractivity contribution is 5.44. The zero-order valence-corrected chi connectivity index (χ0v) is 12.4. The van der Waals surface area contributed by atoms with Crippen LogP contribution in [0.25, 0.3) is 0 Å². The van der Waals surface area contributed by atoms with Gasteiger partial charge in [0.2, 0.25) is 17.8 Å². The smallest absolute Gasteiger partial charge is 0.243 e. The van der Waals surface area contributed by atoms with Crippen molar-refractivity contribution in [2.75, 3.05) is 42.4 Å². The van der Waals surface area contributed by atoms with E-state index >= 15 is 0 Å². The Bertz CT molecular complexity index is 480. The van der Waals surface area contributed by atoms with E-state index in [2.05, 4.69) is 30.6 Å². The topological polar surface area (TPSA) is 101 Å². The number of aromatic nitrogens is 3. The van der Waals surface area contributed by atoms with Crippen LogP contribution in [-0.4, -0.2) is 47.3 Å². The SMILES string of the molecule is COC1(CNc2nc(NN)nc(N3CCCC3)n2)CCC1. The number of anilines is 3. The van der Waals surface area contributed by atoms with Crippen molar-refractivity contribution in [1.82, 2.24) is 15.0 Å². The van der Waals surface area contributed by atoms with E-state index in [-0.39, 0.29) is 5.60 Å². The molecule has 116 valence electrons. The summed E-state index contributed by atoms with van der Waals surface area (Å²) in [7, 11) is 1.76. The lowest BCUT2D eigenvalue weighted by atomic mass is 9.80. The second-order valence-electron chi connectivity index (χ2n) is 5.72. The molecular weight excluding hydrogens is 270 g/mol. The first-order chi connectivity index (χ1) is 10.2. The molecule has 2 aliphatic rings. The standard InChI is InChI=1S/C13H23N7O/c1-21-13(5-4-6-13)9-15-10-16-11(19-14)18-12(17-10)20-7-2-3-8-20/h2-9,14H2,1H3,(H2,15,16,17,18,19). The van der Waals surface area contributed by atoms with E-state index in [1.54, 1.807) is 7.11 Å². The van der Waals surface area contributed by atoms with Crippen molar-refractivity contribution in [3.63, 3.8) is 0 Å². The van der Waals surface area contributed by atoms with E-state index in [1.165, 1.54) is 19.3 Å². The van der Waals surface area contributed by atoms with Gasteiger partial charge >= 0.3 is 0 Å². The largest absolute Gasteiger partial charge is 0.376 e. The van der Waals surface area contributed by atoms with Crippen molar-refractivity contribution >= 4 is 17.8 Å². The van der Waals surface area contributed by atoms with Gasteiger partial charge in [-0.05, 0) is 32.1 Å². The van der Waals surface area contributed by atoms with Crippen LogP contribution in [0.1, 0.15) is 32.1 Å². The molecule has 3 rings (SSSR count). The minimum Gasteiger partial charge on any atom is -0.376 e. The van der Waals surface area contributed by atoms with Crippen molar-refractivity contribution < 1.29 is 4.74 Å². The molecule has 21 heavy (non-hydrogen) atoms. The summed E-state index contributed by atoms with van der Waals surface area (Å²) >= 11 is 0. The van der Waals surface area contributed by atoms with E-state index in [1.807, 2.05) is 0 Å². The number of hydrogen-bond donors (Lipinski definition) is 3. The van der Waals surface area contributed by atoms with Crippen LogP contribution in [0.5, 0.6) is 0 Å². The molecule has 2 heterocycles. The summed E-state index contributed by atoms with van der Waals surface area (Å²) in [6.07, 6.45) is 5.70. The fourth-order valence-corrected chi connectivity index (χ4v) is 2.83. The van der Waals surface area contributed by atoms with Gasteiger partial charge in [0.25, 0.3) is 0 Å². The van der Waals surface area contributed by atoms with Crippen molar-refractivity contribution in [3.8, 4) is 0 Å². The first-order valence-electron chi connectivity index (χ1n) is 7.51. The fourth-order valence-electron chi connectivity index (χ4n) is 2.83. The van der Waals surface area contributed by atoms with E-state index in [0.29, 0.717) is 24.4 Å². The monoisotopic (exact) mass is 293 g/mol. The predicted molar refractivity (Wildman–Crippen MR) is 81.2 cm³/mol. The first-order valence-corrected chi connectivity index (χ1v) is 7.51. The minimum absolute atomic E-state index is 0.0727. The number of hydrazine groups is 1. The average Bonchev–Trinajstić information content (AvgIpc) is 3.00. The van der Waals surface area contributed by atoms with Gasteiger partial charge in [-0.3, -0.25) is 5.43 Å². The lowest BCUT2D eigenvalue weighted by Crippen LogP contribution is -2.45. The molecular formula is C13H23N7O. The number of nitrogen functional groups attached to an aromatic ring is 1. The summed E-state index contributed by atoms with van der Waals surface area (Å²) in [5.41, 5.74) is 2.44. The Labute approximate surface area is 124 Å². The highest BCUT2D eigenvalue weighted by Gasteiger charge is 2.37. The quantitative estimate of drug-likeness (QED) is 0.521. The Hall–Kier alpha value is -1.67. The summed E-state index contributed by atoms with van der Waals surface area (Å²) in [5, 5.41) is 3.27. The Morgan fingerprint density at radius 1 is 1.14 bits per heavy atom. The summed E-state index contributed by atoms with van der Waals surface area (Å²) < 4.78 is 5.60. The van der Waals surface area contributed by atoms with Gasteiger partial charge in [0.1, 0.15) is 0 Å². The minimum atomic E-state index is -0.0727. The van der Waals surface area contributed by atoms with Gasteiger partial charge in [-0.25, -0.2) is 5.84 Å². The molecule has 4 N–H and O–H groups in total. The third-order valence-electron chi connectivity index (χ3n) is 4.41. The third-order valence-corrected chi connectivity index (χ3v) is 4.41. The van der Waals surface area contributed by atoms with Crippen LogP contribution in [0.4, 0.5) is 17.8 Å². The highest BCUT2D eigenvalue weighted by atomic mass is 16.5. The highest BCUT2D eigenvalue weighted by Crippen LogP contribution is 2.35. The first kappa shape index (κ1) is 14.3. The Morgan fingerprint density at radius 2 is 1.86 bits per heavy atom. The molecule has 0 amide bonds. The van der Waals surface area contributed by atoms with E-state index in [0.717, 1.165) is 25.9 Å². The lowest BCUT2D eigenvalue weighted by Gasteiger charge is -2.40. The Kier molecular flexibility index (Phi) is 4.07. The number of hydrogen-bond acceptors (Lipinski definition) is 8. The van der Waals surface area contributed by atoms with Crippen LogP contribution in [0.3, 0.4) is 0 Å². The molecule has 1 aromatic rings. The number of rotatable bonds is 6. The maximum absolute atomic E-state index is 5.60. The molecule has 0 aromatic carbocycles. The molecule has 0 spiro atoms.